The van der Waals surface area contributed by atoms with Gasteiger partial charge in [-0.3, -0.25) is 9.59 Å². The molecule has 1 amide bonds. The number of hydrogen-bond donors (Lipinski definition) is 0. The van der Waals surface area contributed by atoms with Gasteiger partial charge < -0.3 is 4.90 Å². The van der Waals surface area contributed by atoms with Crippen LogP contribution in [0.15, 0.2) is 77.9 Å². The predicted molar refractivity (Wildman–Crippen MR) is 138 cm³/mol. The van der Waals surface area contributed by atoms with Gasteiger partial charge in [0.05, 0.1) is 6.04 Å². The van der Waals surface area contributed by atoms with Gasteiger partial charge in [-0.15, -0.1) is 17.5 Å². The van der Waals surface area contributed by atoms with Crippen molar-refractivity contribution < 1.29 is 9.59 Å². The first-order chi connectivity index (χ1) is 15.9. The Bertz CT molecular complexity index is 953. The van der Waals surface area contributed by atoms with Gasteiger partial charge in [0.25, 0.3) is 5.91 Å². The lowest BCUT2D eigenvalue weighted by Crippen LogP contribution is -2.45. The van der Waals surface area contributed by atoms with E-state index in [0.717, 1.165) is 29.9 Å². The van der Waals surface area contributed by atoms with Gasteiger partial charge in [0, 0.05) is 22.8 Å². The second-order valence-electron chi connectivity index (χ2n) is 9.28. The second kappa shape index (κ2) is 11.5. The van der Waals surface area contributed by atoms with Crippen LogP contribution < -0.4 is 0 Å². The van der Waals surface area contributed by atoms with Gasteiger partial charge in [0.15, 0.2) is 0 Å². The number of rotatable bonds is 10. The summed E-state index contributed by atoms with van der Waals surface area (Å²) in [7, 11) is 0. The quantitative estimate of drug-likeness (QED) is 0.295. The van der Waals surface area contributed by atoms with Crippen LogP contribution in [0, 0.1) is 5.41 Å². The van der Waals surface area contributed by atoms with E-state index >= 15 is 0 Å². The van der Waals surface area contributed by atoms with Crippen LogP contribution in [0.5, 0.6) is 0 Å². The number of likely N-dealkylation sites (tertiary alicyclic amines) is 1. The number of carbonyl (C=O) groups is 2. The summed E-state index contributed by atoms with van der Waals surface area (Å²) < 4.78 is 0. The van der Waals surface area contributed by atoms with Crippen molar-refractivity contribution in [3.8, 4) is 0 Å². The number of hydrogen-bond acceptors (Lipinski definition) is 3. The topological polar surface area (TPSA) is 37.4 Å². The molecule has 2 aromatic carbocycles. The number of benzene rings is 2. The summed E-state index contributed by atoms with van der Waals surface area (Å²) >= 11 is 1.72. The van der Waals surface area contributed by atoms with Crippen LogP contribution in [0.4, 0.5) is 0 Å². The predicted octanol–water partition coefficient (Wildman–Crippen LogP) is 6.61. The summed E-state index contributed by atoms with van der Waals surface area (Å²) in [4.78, 5) is 28.6. The van der Waals surface area contributed by atoms with Gasteiger partial charge >= 0.3 is 0 Å². The van der Waals surface area contributed by atoms with E-state index in [2.05, 4.69) is 60.8 Å². The zero-order valence-corrected chi connectivity index (χ0v) is 20.9. The average molecular weight is 462 g/mol. The first-order valence-corrected chi connectivity index (χ1v) is 12.9. The molecule has 0 aliphatic carbocycles. The number of nitrogens with zero attached hydrogens (tertiary/aromatic N) is 1. The van der Waals surface area contributed by atoms with Crippen molar-refractivity contribution in [3.05, 3.63) is 89.0 Å². The van der Waals surface area contributed by atoms with E-state index < -0.39 is 5.41 Å². The summed E-state index contributed by atoms with van der Waals surface area (Å²) in [6.45, 7) is 10.2. The fraction of sp³-hybridized carbons (Fsp3) is 0.414. The lowest BCUT2D eigenvalue weighted by molar-refractivity contribution is -0.149. The summed E-state index contributed by atoms with van der Waals surface area (Å²) in [6, 6.07) is 21.1. The maximum Gasteiger partial charge on any atom is 0.291 e. The molecule has 174 valence electrons. The molecular weight excluding hydrogens is 426 g/mol. The molecule has 1 heterocycles. The smallest absolute Gasteiger partial charge is 0.291 e. The van der Waals surface area contributed by atoms with Gasteiger partial charge in [0.2, 0.25) is 5.78 Å². The van der Waals surface area contributed by atoms with Crippen LogP contribution in [-0.4, -0.2) is 34.9 Å². The van der Waals surface area contributed by atoms with Crippen LogP contribution in [-0.2, 0) is 9.59 Å². The van der Waals surface area contributed by atoms with E-state index in [4.69, 9.17) is 0 Å². The molecule has 0 bridgehead atoms. The Balaban J connectivity index is 1.69. The highest BCUT2D eigenvalue weighted by Gasteiger charge is 2.39. The molecule has 3 rings (SSSR count). The first-order valence-electron chi connectivity index (χ1n) is 11.9. The van der Waals surface area contributed by atoms with Crippen molar-refractivity contribution in [1.82, 2.24) is 4.90 Å². The largest absolute Gasteiger partial charge is 0.328 e. The number of ketones is 1. The summed E-state index contributed by atoms with van der Waals surface area (Å²) in [5, 5.41) is 0. The Kier molecular flexibility index (Phi) is 8.77. The molecule has 0 spiro atoms. The molecule has 1 aliphatic rings. The van der Waals surface area contributed by atoms with Gasteiger partial charge in [-0.25, -0.2) is 0 Å². The normalized spacial score (nSPS) is 16.0. The fourth-order valence-electron chi connectivity index (χ4n) is 4.31. The van der Waals surface area contributed by atoms with Crippen molar-refractivity contribution in [2.45, 2.75) is 58.4 Å². The van der Waals surface area contributed by atoms with Crippen molar-refractivity contribution in [1.29, 1.82) is 0 Å². The lowest BCUT2D eigenvalue weighted by atomic mass is 9.84. The summed E-state index contributed by atoms with van der Waals surface area (Å²) in [6.07, 6.45) is 3.37. The molecule has 0 aromatic heterocycles. The molecule has 1 saturated heterocycles. The highest BCUT2D eigenvalue weighted by Crippen LogP contribution is 2.35. The van der Waals surface area contributed by atoms with Crippen molar-refractivity contribution in [2.75, 3.05) is 12.3 Å². The van der Waals surface area contributed by atoms with Crippen molar-refractivity contribution >= 4 is 23.5 Å². The van der Waals surface area contributed by atoms with Crippen LogP contribution in [0.3, 0.4) is 0 Å². The Morgan fingerprint density at radius 1 is 1.09 bits per heavy atom. The minimum atomic E-state index is -0.631. The Morgan fingerprint density at radius 2 is 1.67 bits per heavy atom. The average Bonchev–Trinajstić information content (AvgIpc) is 3.34. The highest BCUT2D eigenvalue weighted by molar-refractivity contribution is 8.03. The molecule has 3 nitrogen and oxygen atoms in total. The van der Waals surface area contributed by atoms with Crippen molar-refractivity contribution in [2.24, 2.45) is 5.41 Å². The number of carbonyl (C=O) groups excluding carboxylic acids is 2. The Morgan fingerprint density at radius 3 is 2.18 bits per heavy atom. The number of amides is 1. The molecule has 0 N–H and O–H groups in total. The van der Waals surface area contributed by atoms with Gasteiger partial charge in [-0.2, -0.15) is 0 Å². The van der Waals surface area contributed by atoms with E-state index in [-0.39, 0.29) is 17.7 Å². The van der Waals surface area contributed by atoms with Crippen molar-refractivity contribution in [3.63, 3.8) is 0 Å². The third kappa shape index (κ3) is 6.07. The molecule has 0 saturated carbocycles. The van der Waals surface area contributed by atoms with Crippen LogP contribution >= 0.6 is 11.8 Å². The lowest BCUT2D eigenvalue weighted by Gasteiger charge is -2.29. The van der Waals surface area contributed by atoms with E-state index in [1.165, 1.54) is 11.1 Å². The molecule has 0 radical (unpaired) electrons. The second-order valence-corrected chi connectivity index (χ2v) is 10.4. The maximum absolute atomic E-state index is 13.0. The molecule has 4 heteroatoms. The molecule has 1 aliphatic heterocycles. The molecule has 0 unspecified atom stereocenters. The Labute approximate surface area is 203 Å². The molecule has 2 aromatic rings. The highest BCUT2D eigenvalue weighted by atomic mass is 32.2. The molecular formula is C29H35NO2S. The monoisotopic (exact) mass is 461 g/mol. The third-order valence-electron chi connectivity index (χ3n) is 6.75. The zero-order chi connectivity index (χ0) is 23.8. The number of Topliss-reactive ketones (excluding diaryl/α,β-unsaturated/α-hetero) is 1. The van der Waals surface area contributed by atoms with Gasteiger partial charge in [0.1, 0.15) is 0 Å². The van der Waals surface area contributed by atoms with E-state index in [0.29, 0.717) is 18.9 Å². The molecule has 1 atom stereocenters. The third-order valence-corrected chi connectivity index (χ3v) is 7.92. The minimum absolute atomic E-state index is 0.0940. The van der Waals surface area contributed by atoms with Gasteiger partial charge in [-0.1, -0.05) is 88.0 Å². The Hall–Kier alpha value is -2.55. The van der Waals surface area contributed by atoms with Crippen LogP contribution in [0.25, 0.3) is 0 Å². The summed E-state index contributed by atoms with van der Waals surface area (Å²) in [5.41, 5.74) is 5.08. The van der Waals surface area contributed by atoms with E-state index in [1.54, 1.807) is 16.7 Å². The standard InChI is InChI=1S/C29H35NO2S/c1-5-26(25-18-13-20-30(25)28(32)27(31)29(3,4)6-2)33-21-19-24(22-14-9-7-10-15-22)23-16-11-8-12-17-23/h7-12,14-17,24-25H,1,6,13,18-21H2,2-4H3/t25-/m0/s1. The van der Waals surface area contributed by atoms with Gasteiger partial charge in [-0.05, 0) is 42.6 Å². The fourth-order valence-corrected chi connectivity index (χ4v) is 5.42. The maximum atomic E-state index is 13.0. The molecule has 1 fully saturated rings. The molecule has 33 heavy (non-hydrogen) atoms. The van der Waals surface area contributed by atoms with Crippen LogP contribution in [0.2, 0.25) is 0 Å². The van der Waals surface area contributed by atoms with E-state index in [1.807, 2.05) is 32.9 Å². The van der Waals surface area contributed by atoms with Crippen LogP contribution in [0.1, 0.15) is 63.5 Å². The SMILES string of the molecule is C=C=C(SCCC(c1ccccc1)c1ccccc1)[C@@H]1CCCN1C(=O)C(=O)C(C)(C)CC. The zero-order valence-electron chi connectivity index (χ0n) is 20.0. The number of thioether (sulfide) groups is 1. The summed E-state index contributed by atoms with van der Waals surface area (Å²) in [5.74, 6) is 0.543. The van der Waals surface area contributed by atoms with E-state index in [9.17, 15) is 9.59 Å². The first kappa shape index (κ1) is 25.1. The minimum Gasteiger partial charge on any atom is -0.328 e.